The number of ketones is 1. The first-order valence-electron chi connectivity index (χ1n) is 12.2. The SMILES string of the molecule is COc1ccc(OC)c([C@@H]2C(C(=O)OCc3ccccc3)=C(C)NC3=C2C(=O)C[C@H](c2cccs2)C3)c1. The Morgan fingerprint density at radius 1 is 1.03 bits per heavy atom. The van der Waals surface area contributed by atoms with Gasteiger partial charge in [-0.25, -0.2) is 4.79 Å². The third-order valence-corrected chi connectivity index (χ3v) is 7.99. The number of carbonyl (C=O) groups is 2. The number of carbonyl (C=O) groups excluding carboxylic acids is 2. The summed E-state index contributed by atoms with van der Waals surface area (Å²) in [6.07, 6.45) is 1.07. The van der Waals surface area contributed by atoms with Crippen molar-refractivity contribution in [2.75, 3.05) is 14.2 Å². The van der Waals surface area contributed by atoms with Crippen molar-refractivity contribution in [1.29, 1.82) is 0 Å². The number of allylic oxidation sites excluding steroid dienone is 3. The molecule has 1 aliphatic heterocycles. The maximum Gasteiger partial charge on any atom is 0.337 e. The van der Waals surface area contributed by atoms with Crippen molar-refractivity contribution in [3.05, 3.63) is 105 Å². The summed E-state index contributed by atoms with van der Waals surface area (Å²) in [5.74, 6) is 0.207. The van der Waals surface area contributed by atoms with E-state index in [4.69, 9.17) is 14.2 Å². The summed E-state index contributed by atoms with van der Waals surface area (Å²) in [6.45, 7) is 2.00. The lowest BCUT2D eigenvalue weighted by molar-refractivity contribution is -0.140. The summed E-state index contributed by atoms with van der Waals surface area (Å²) < 4.78 is 17.0. The van der Waals surface area contributed by atoms with Gasteiger partial charge in [-0.1, -0.05) is 36.4 Å². The molecule has 0 bridgehead atoms. The largest absolute Gasteiger partial charge is 0.497 e. The van der Waals surface area contributed by atoms with Crippen LogP contribution in [0.25, 0.3) is 0 Å². The molecular weight excluding hydrogens is 486 g/mol. The van der Waals surface area contributed by atoms with Gasteiger partial charge < -0.3 is 19.5 Å². The van der Waals surface area contributed by atoms with E-state index in [1.807, 2.05) is 54.8 Å². The van der Waals surface area contributed by atoms with Crippen molar-refractivity contribution < 1.29 is 23.8 Å². The Hall–Kier alpha value is -3.84. The Bertz CT molecular complexity index is 1370. The van der Waals surface area contributed by atoms with Gasteiger partial charge in [0.25, 0.3) is 0 Å². The molecule has 5 rings (SSSR count). The number of ether oxygens (including phenoxy) is 3. The minimum absolute atomic E-state index is 0.0166. The van der Waals surface area contributed by atoms with E-state index in [-0.39, 0.29) is 18.3 Å². The highest BCUT2D eigenvalue weighted by Gasteiger charge is 2.42. The van der Waals surface area contributed by atoms with E-state index in [1.165, 1.54) is 4.88 Å². The fraction of sp³-hybridized carbons (Fsp3) is 0.267. The van der Waals surface area contributed by atoms with Crippen LogP contribution in [0.4, 0.5) is 0 Å². The van der Waals surface area contributed by atoms with Gasteiger partial charge in [-0.05, 0) is 48.6 Å². The molecule has 37 heavy (non-hydrogen) atoms. The van der Waals surface area contributed by atoms with Crippen LogP contribution >= 0.6 is 11.3 Å². The van der Waals surface area contributed by atoms with E-state index in [0.717, 1.165) is 11.3 Å². The minimum Gasteiger partial charge on any atom is -0.497 e. The summed E-state index contributed by atoms with van der Waals surface area (Å²) in [5.41, 5.74) is 4.11. The summed E-state index contributed by atoms with van der Waals surface area (Å²) in [7, 11) is 3.17. The summed E-state index contributed by atoms with van der Waals surface area (Å²) in [6, 6.07) is 19.1. The Kier molecular flexibility index (Phi) is 7.15. The fourth-order valence-electron chi connectivity index (χ4n) is 5.21. The molecule has 0 spiro atoms. The molecule has 1 aliphatic carbocycles. The second kappa shape index (κ2) is 10.6. The number of esters is 1. The highest BCUT2D eigenvalue weighted by Crippen LogP contribution is 2.48. The number of benzene rings is 2. The molecule has 0 unspecified atom stereocenters. The lowest BCUT2D eigenvalue weighted by Crippen LogP contribution is -2.36. The normalized spacial score (nSPS) is 19.3. The Morgan fingerprint density at radius 3 is 2.54 bits per heavy atom. The molecule has 6 nitrogen and oxygen atoms in total. The van der Waals surface area contributed by atoms with Gasteiger partial charge in [0.05, 0.1) is 25.7 Å². The number of hydrogen-bond acceptors (Lipinski definition) is 7. The monoisotopic (exact) mass is 515 g/mol. The first-order valence-corrected chi connectivity index (χ1v) is 13.1. The molecule has 1 aromatic heterocycles. The second-order valence-corrected chi connectivity index (χ2v) is 10.2. The van der Waals surface area contributed by atoms with Gasteiger partial charge in [-0.3, -0.25) is 4.79 Å². The zero-order valence-electron chi connectivity index (χ0n) is 21.1. The number of Topliss-reactive ketones (excluding diaryl/α,β-unsaturated/α-hetero) is 1. The quantitative estimate of drug-likeness (QED) is 0.397. The standard InChI is InChI=1S/C30H29NO5S/c1-18-27(30(33)36-17-19-8-5-4-6-9-19)28(22-16-21(34-2)11-12-25(22)35-3)29-23(31-18)14-20(15-24(29)32)26-10-7-13-37-26/h4-13,16,20,28,31H,14-15,17H2,1-3H3/t20-,28-/m1/s1. The molecule has 7 heteroatoms. The molecule has 0 saturated heterocycles. The van der Waals surface area contributed by atoms with Crippen molar-refractivity contribution in [1.82, 2.24) is 5.32 Å². The summed E-state index contributed by atoms with van der Waals surface area (Å²) in [4.78, 5) is 28.6. The van der Waals surface area contributed by atoms with E-state index in [2.05, 4.69) is 11.4 Å². The lowest BCUT2D eigenvalue weighted by atomic mass is 9.72. The van der Waals surface area contributed by atoms with Crippen LogP contribution in [0.2, 0.25) is 0 Å². The zero-order chi connectivity index (χ0) is 25.9. The van der Waals surface area contributed by atoms with Gasteiger partial charge in [0.1, 0.15) is 18.1 Å². The molecule has 2 atom stereocenters. The Morgan fingerprint density at radius 2 is 1.84 bits per heavy atom. The molecule has 0 fully saturated rings. The van der Waals surface area contributed by atoms with Crippen molar-refractivity contribution in [3.63, 3.8) is 0 Å². The molecule has 0 saturated carbocycles. The number of rotatable bonds is 7. The van der Waals surface area contributed by atoms with Gasteiger partial charge in [0, 0.05) is 39.7 Å². The first kappa shape index (κ1) is 24.8. The Balaban J connectivity index is 1.58. The van der Waals surface area contributed by atoms with Crippen LogP contribution in [0.15, 0.2) is 88.6 Å². The van der Waals surface area contributed by atoms with E-state index >= 15 is 0 Å². The molecule has 2 aromatic carbocycles. The molecule has 0 radical (unpaired) electrons. The van der Waals surface area contributed by atoms with Crippen LogP contribution in [-0.2, 0) is 20.9 Å². The lowest BCUT2D eigenvalue weighted by Gasteiger charge is -2.36. The summed E-state index contributed by atoms with van der Waals surface area (Å²) >= 11 is 1.66. The molecular formula is C30H29NO5S. The Labute approximate surface area is 220 Å². The highest BCUT2D eigenvalue weighted by molar-refractivity contribution is 7.10. The highest BCUT2D eigenvalue weighted by atomic mass is 32.1. The zero-order valence-corrected chi connectivity index (χ0v) is 21.9. The molecule has 3 aromatic rings. The van der Waals surface area contributed by atoms with E-state index in [0.29, 0.717) is 46.7 Å². The van der Waals surface area contributed by atoms with Crippen LogP contribution < -0.4 is 14.8 Å². The fourth-order valence-corrected chi connectivity index (χ4v) is 6.04. The third kappa shape index (κ3) is 4.91. The van der Waals surface area contributed by atoms with E-state index in [9.17, 15) is 9.59 Å². The maximum absolute atomic E-state index is 13.8. The van der Waals surface area contributed by atoms with Crippen molar-refractivity contribution in [2.24, 2.45) is 0 Å². The van der Waals surface area contributed by atoms with Crippen LogP contribution in [0.1, 0.15) is 47.6 Å². The predicted octanol–water partition coefficient (Wildman–Crippen LogP) is 5.87. The number of nitrogens with one attached hydrogen (secondary N) is 1. The maximum atomic E-state index is 13.8. The van der Waals surface area contributed by atoms with Gasteiger partial charge in [-0.2, -0.15) is 0 Å². The van der Waals surface area contributed by atoms with Crippen LogP contribution in [0.5, 0.6) is 11.5 Å². The van der Waals surface area contributed by atoms with Crippen LogP contribution in [-0.4, -0.2) is 26.0 Å². The molecule has 190 valence electrons. The number of thiophene rings is 1. The number of dihydropyridines is 1. The summed E-state index contributed by atoms with van der Waals surface area (Å²) in [5, 5.41) is 5.44. The van der Waals surface area contributed by atoms with Crippen LogP contribution in [0, 0.1) is 0 Å². The van der Waals surface area contributed by atoms with Gasteiger partial charge in [-0.15, -0.1) is 11.3 Å². The van der Waals surface area contributed by atoms with Gasteiger partial charge in [0.15, 0.2) is 5.78 Å². The van der Waals surface area contributed by atoms with Gasteiger partial charge >= 0.3 is 5.97 Å². The second-order valence-electron chi connectivity index (χ2n) is 9.20. The number of methoxy groups -OCH3 is 2. The topological polar surface area (TPSA) is 73.9 Å². The third-order valence-electron chi connectivity index (χ3n) is 6.95. The van der Waals surface area contributed by atoms with Gasteiger partial charge in [0.2, 0.25) is 0 Å². The average molecular weight is 516 g/mol. The smallest absolute Gasteiger partial charge is 0.337 e. The van der Waals surface area contributed by atoms with E-state index in [1.54, 1.807) is 37.7 Å². The molecule has 2 heterocycles. The van der Waals surface area contributed by atoms with Crippen molar-refractivity contribution >= 4 is 23.1 Å². The average Bonchev–Trinajstić information content (AvgIpc) is 3.46. The molecule has 0 amide bonds. The minimum atomic E-state index is -0.638. The van der Waals surface area contributed by atoms with Crippen LogP contribution in [0.3, 0.4) is 0 Å². The predicted molar refractivity (Wildman–Crippen MR) is 143 cm³/mol. The number of hydrogen-bond donors (Lipinski definition) is 1. The van der Waals surface area contributed by atoms with E-state index < -0.39 is 11.9 Å². The van der Waals surface area contributed by atoms with Crippen molar-refractivity contribution in [2.45, 2.75) is 38.2 Å². The first-order chi connectivity index (χ1) is 18.0. The van der Waals surface area contributed by atoms with Crippen molar-refractivity contribution in [3.8, 4) is 11.5 Å². The molecule has 1 N–H and O–H groups in total. The molecule has 2 aliphatic rings.